The first-order valence-electron chi connectivity index (χ1n) is 7.69. The average molecular weight is 341 g/mol. The molecule has 6 nitrogen and oxygen atoms in total. The van der Waals surface area contributed by atoms with Crippen molar-refractivity contribution < 1.29 is 22.7 Å². The lowest BCUT2D eigenvalue weighted by Gasteiger charge is -2.31. The second kappa shape index (κ2) is 7.31. The fourth-order valence-electron chi connectivity index (χ4n) is 2.58. The molecule has 1 aliphatic heterocycles. The van der Waals surface area contributed by atoms with Gasteiger partial charge in [-0.2, -0.15) is 4.31 Å². The van der Waals surface area contributed by atoms with E-state index in [4.69, 9.17) is 9.47 Å². The van der Waals surface area contributed by atoms with Crippen LogP contribution in [0.15, 0.2) is 29.2 Å². The van der Waals surface area contributed by atoms with Gasteiger partial charge in [0.1, 0.15) is 5.75 Å². The molecule has 0 bridgehead atoms. The molecule has 7 heteroatoms. The first-order valence-corrected chi connectivity index (χ1v) is 9.13. The molecule has 1 unspecified atom stereocenters. The Labute approximate surface area is 137 Å². The van der Waals surface area contributed by atoms with Gasteiger partial charge in [-0.15, -0.1) is 0 Å². The SMILES string of the molecule is COc1ccc(S(=O)(=O)N2CCCC(C(=O)OC(C)C)C2)cc1. The van der Waals surface area contributed by atoms with E-state index in [0.717, 1.165) is 0 Å². The second-order valence-electron chi connectivity index (χ2n) is 5.86. The Hall–Kier alpha value is -1.60. The van der Waals surface area contributed by atoms with Gasteiger partial charge in [-0.1, -0.05) is 0 Å². The number of nitrogens with zero attached hydrogens (tertiary/aromatic N) is 1. The molecule has 1 aromatic rings. The summed E-state index contributed by atoms with van der Waals surface area (Å²) in [5.41, 5.74) is 0. The molecule has 1 atom stereocenters. The highest BCUT2D eigenvalue weighted by atomic mass is 32.2. The summed E-state index contributed by atoms with van der Waals surface area (Å²) in [6.07, 6.45) is 1.10. The van der Waals surface area contributed by atoms with Gasteiger partial charge in [0.2, 0.25) is 10.0 Å². The molecule has 0 radical (unpaired) electrons. The number of rotatable bonds is 5. The number of esters is 1. The maximum Gasteiger partial charge on any atom is 0.310 e. The topological polar surface area (TPSA) is 72.9 Å². The fourth-order valence-corrected chi connectivity index (χ4v) is 4.10. The van der Waals surface area contributed by atoms with Crippen molar-refractivity contribution in [3.05, 3.63) is 24.3 Å². The smallest absolute Gasteiger partial charge is 0.310 e. The van der Waals surface area contributed by atoms with E-state index in [2.05, 4.69) is 0 Å². The monoisotopic (exact) mass is 341 g/mol. The molecule has 23 heavy (non-hydrogen) atoms. The van der Waals surface area contributed by atoms with Crippen LogP contribution in [0.5, 0.6) is 5.75 Å². The third-order valence-corrected chi connectivity index (χ3v) is 5.65. The van der Waals surface area contributed by atoms with Crippen LogP contribution < -0.4 is 4.74 Å². The van der Waals surface area contributed by atoms with Gasteiger partial charge < -0.3 is 9.47 Å². The first-order chi connectivity index (χ1) is 10.8. The highest BCUT2D eigenvalue weighted by molar-refractivity contribution is 7.89. The van der Waals surface area contributed by atoms with Gasteiger partial charge in [0.25, 0.3) is 0 Å². The predicted molar refractivity (Wildman–Crippen MR) is 85.7 cm³/mol. The molecule has 128 valence electrons. The van der Waals surface area contributed by atoms with E-state index in [1.54, 1.807) is 26.0 Å². The number of sulfonamides is 1. The number of hydrogen-bond acceptors (Lipinski definition) is 5. The number of methoxy groups -OCH3 is 1. The first kappa shape index (κ1) is 17.7. The van der Waals surface area contributed by atoms with Crippen LogP contribution in [0, 0.1) is 5.92 Å². The minimum absolute atomic E-state index is 0.167. The van der Waals surface area contributed by atoms with E-state index in [9.17, 15) is 13.2 Å². The quantitative estimate of drug-likeness (QED) is 0.767. The summed E-state index contributed by atoms with van der Waals surface area (Å²) in [4.78, 5) is 12.2. The van der Waals surface area contributed by atoms with Crippen molar-refractivity contribution in [1.82, 2.24) is 4.31 Å². The van der Waals surface area contributed by atoms with Crippen molar-refractivity contribution >= 4 is 16.0 Å². The normalized spacial score (nSPS) is 19.6. The number of piperidine rings is 1. The van der Waals surface area contributed by atoms with Crippen LogP contribution in [0.4, 0.5) is 0 Å². The third-order valence-electron chi connectivity index (χ3n) is 3.77. The van der Waals surface area contributed by atoms with E-state index < -0.39 is 15.9 Å². The lowest BCUT2D eigenvalue weighted by atomic mass is 10.00. The predicted octanol–water partition coefficient (Wildman–Crippen LogP) is 2.05. The van der Waals surface area contributed by atoms with E-state index in [1.807, 2.05) is 0 Å². The van der Waals surface area contributed by atoms with E-state index in [1.165, 1.54) is 23.5 Å². The van der Waals surface area contributed by atoms with E-state index >= 15 is 0 Å². The van der Waals surface area contributed by atoms with Crippen molar-refractivity contribution in [2.75, 3.05) is 20.2 Å². The zero-order valence-electron chi connectivity index (χ0n) is 13.7. The van der Waals surface area contributed by atoms with E-state index in [0.29, 0.717) is 25.1 Å². The highest BCUT2D eigenvalue weighted by Gasteiger charge is 2.34. The summed E-state index contributed by atoms with van der Waals surface area (Å²) in [5, 5.41) is 0. The molecule has 1 aromatic carbocycles. The molecule has 0 aromatic heterocycles. The zero-order chi connectivity index (χ0) is 17.0. The molecule has 0 N–H and O–H groups in total. The summed E-state index contributed by atoms with van der Waals surface area (Å²) < 4.78 is 37.0. The number of hydrogen-bond donors (Lipinski definition) is 0. The lowest BCUT2D eigenvalue weighted by molar-refractivity contribution is -0.153. The summed E-state index contributed by atoms with van der Waals surface area (Å²) in [6.45, 7) is 4.15. The van der Waals surface area contributed by atoms with E-state index in [-0.39, 0.29) is 23.5 Å². The summed E-state index contributed by atoms with van der Waals surface area (Å²) in [6, 6.07) is 6.26. The van der Waals surface area contributed by atoms with Gasteiger partial charge in [0.15, 0.2) is 0 Å². The summed E-state index contributed by atoms with van der Waals surface area (Å²) in [5.74, 6) is -0.130. The molecule has 1 saturated heterocycles. The Morgan fingerprint density at radius 2 is 1.91 bits per heavy atom. The molecule has 1 heterocycles. The van der Waals surface area contributed by atoms with Crippen LogP contribution in [0.3, 0.4) is 0 Å². The number of ether oxygens (including phenoxy) is 2. The fraction of sp³-hybridized carbons (Fsp3) is 0.562. The Morgan fingerprint density at radius 3 is 2.48 bits per heavy atom. The van der Waals surface area contributed by atoms with Crippen molar-refractivity contribution in [1.29, 1.82) is 0 Å². The Kier molecular flexibility index (Phi) is 5.64. The van der Waals surface area contributed by atoms with Gasteiger partial charge in [0.05, 0.1) is 24.0 Å². The van der Waals surface area contributed by atoms with Crippen molar-refractivity contribution in [2.24, 2.45) is 5.92 Å². The van der Waals surface area contributed by atoms with Crippen LogP contribution in [0.1, 0.15) is 26.7 Å². The minimum Gasteiger partial charge on any atom is -0.497 e. The summed E-state index contributed by atoms with van der Waals surface area (Å²) in [7, 11) is -2.09. The van der Waals surface area contributed by atoms with Crippen molar-refractivity contribution in [3.63, 3.8) is 0 Å². The van der Waals surface area contributed by atoms with Gasteiger partial charge in [-0.05, 0) is 51.0 Å². The van der Waals surface area contributed by atoms with Gasteiger partial charge in [-0.25, -0.2) is 8.42 Å². The maximum absolute atomic E-state index is 12.7. The van der Waals surface area contributed by atoms with Crippen molar-refractivity contribution in [2.45, 2.75) is 37.7 Å². The maximum atomic E-state index is 12.7. The molecule has 1 fully saturated rings. The van der Waals surface area contributed by atoms with Crippen LogP contribution in [0.2, 0.25) is 0 Å². The number of carbonyl (C=O) groups excluding carboxylic acids is 1. The standard InChI is InChI=1S/C16H23NO5S/c1-12(2)22-16(18)13-5-4-10-17(11-13)23(19,20)15-8-6-14(21-3)7-9-15/h6-9,12-13H,4-5,10-11H2,1-3H3. The number of benzene rings is 1. The zero-order valence-corrected chi connectivity index (χ0v) is 14.5. The van der Waals surface area contributed by atoms with Crippen LogP contribution in [-0.4, -0.2) is 45.0 Å². The molecule has 1 aliphatic rings. The minimum atomic E-state index is -3.61. The molecule has 0 amide bonds. The molecular formula is C16H23NO5S. The van der Waals surface area contributed by atoms with Crippen molar-refractivity contribution in [3.8, 4) is 5.75 Å². The lowest BCUT2D eigenvalue weighted by Crippen LogP contribution is -2.43. The molecule has 0 aliphatic carbocycles. The average Bonchev–Trinajstić information content (AvgIpc) is 2.54. The Bertz CT molecular complexity index is 639. The Balaban J connectivity index is 2.14. The highest BCUT2D eigenvalue weighted by Crippen LogP contribution is 2.25. The molecule has 0 saturated carbocycles. The molecule has 0 spiro atoms. The van der Waals surface area contributed by atoms with Crippen LogP contribution in [-0.2, 0) is 19.6 Å². The van der Waals surface area contributed by atoms with Gasteiger partial charge >= 0.3 is 5.97 Å². The molecular weight excluding hydrogens is 318 g/mol. The Morgan fingerprint density at radius 1 is 1.26 bits per heavy atom. The van der Waals surface area contributed by atoms with Gasteiger partial charge in [-0.3, -0.25) is 4.79 Å². The third kappa shape index (κ3) is 4.23. The van der Waals surface area contributed by atoms with Crippen LogP contribution >= 0.6 is 0 Å². The van der Waals surface area contributed by atoms with Crippen LogP contribution in [0.25, 0.3) is 0 Å². The summed E-state index contributed by atoms with van der Waals surface area (Å²) >= 11 is 0. The van der Waals surface area contributed by atoms with Gasteiger partial charge in [0, 0.05) is 13.1 Å². The largest absolute Gasteiger partial charge is 0.497 e. The molecule has 2 rings (SSSR count). The second-order valence-corrected chi connectivity index (χ2v) is 7.80. The number of carbonyl (C=O) groups is 1.